The molecule has 0 saturated heterocycles. The van der Waals surface area contributed by atoms with Crippen LogP contribution in [-0.4, -0.2) is 36.5 Å². The third-order valence-corrected chi connectivity index (χ3v) is 4.59. The molecule has 0 aromatic carbocycles. The smallest absolute Gasteiger partial charge is 0.404 e. The third-order valence-electron chi connectivity index (χ3n) is 4.59. The van der Waals surface area contributed by atoms with E-state index in [9.17, 15) is 18.0 Å². The highest BCUT2D eigenvalue weighted by atomic mass is 19.4. The van der Waals surface area contributed by atoms with Crippen LogP contribution in [0.4, 0.5) is 18.0 Å². The van der Waals surface area contributed by atoms with Gasteiger partial charge >= 0.3 is 12.3 Å². The number of amides is 1. The van der Waals surface area contributed by atoms with Crippen molar-refractivity contribution in [2.24, 2.45) is 17.3 Å². The van der Waals surface area contributed by atoms with Gasteiger partial charge in [0.05, 0.1) is 6.54 Å². The van der Waals surface area contributed by atoms with Gasteiger partial charge in [-0.15, -0.1) is 0 Å². The minimum Gasteiger partial charge on any atom is -0.465 e. The van der Waals surface area contributed by atoms with Crippen molar-refractivity contribution in [2.75, 3.05) is 13.1 Å². The summed E-state index contributed by atoms with van der Waals surface area (Å²) in [5, 5.41) is 13.9. The molecule has 0 radical (unpaired) electrons. The number of nitrogens with one attached hydrogen (secondary N) is 2. The monoisotopic (exact) mass is 338 g/mol. The van der Waals surface area contributed by atoms with Crippen LogP contribution in [0.5, 0.6) is 0 Å². The van der Waals surface area contributed by atoms with Gasteiger partial charge < -0.3 is 15.7 Å². The van der Waals surface area contributed by atoms with E-state index in [-0.39, 0.29) is 17.9 Å². The summed E-state index contributed by atoms with van der Waals surface area (Å²) in [6.07, 6.45) is -0.0706. The zero-order valence-corrected chi connectivity index (χ0v) is 14.2. The zero-order chi connectivity index (χ0) is 17.7. The Balaban J connectivity index is 2.85. The van der Waals surface area contributed by atoms with E-state index in [0.29, 0.717) is 5.92 Å². The first-order chi connectivity index (χ1) is 10.5. The molecule has 0 spiro atoms. The average molecular weight is 338 g/mol. The van der Waals surface area contributed by atoms with E-state index < -0.39 is 24.9 Å². The molecule has 2 atom stereocenters. The van der Waals surface area contributed by atoms with Crippen molar-refractivity contribution in [2.45, 2.75) is 65.1 Å². The summed E-state index contributed by atoms with van der Waals surface area (Å²) < 4.78 is 37.1. The van der Waals surface area contributed by atoms with Gasteiger partial charge in [-0.05, 0) is 17.3 Å². The Kier molecular flexibility index (Phi) is 7.17. The van der Waals surface area contributed by atoms with E-state index in [0.717, 1.165) is 25.7 Å². The van der Waals surface area contributed by atoms with Gasteiger partial charge in [-0.25, -0.2) is 4.79 Å². The fourth-order valence-corrected chi connectivity index (χ4v) is 3.93. The van der Waals surface area contributed by atoms with Gasteiger partial charge in [-0.2, -0.15) is 13.2 Å². The largest absolute Gasteiger partial charge is 0.465 e. The van der Waals surface area contributed by atoms with Crippen LogP contribution in [0.2, 0.25) is 0 Å². The van der Waals surface area contributed by atoms with Gasteiger partial charge in [0.2, 0.25) is 0 Å². The molecule has 3 N–H and O–H groups in total. The molecule has 7 heteroatoms. The third kappa shape index (κ3) is 7.42. The fraction of sp³-hybridized carbons (Fsp3) is 0.938. The minimum atomic E-state index is -4.30. The SMILES string of the molecule is CC(C)(C)[C@H](C1CCCCC1)C(CNCC(F)(F)F)NC(=O)O. The topological polar surface area (TPSA) is 61.4 Å². The molecule has 1 saturated carbocycles. The van der Waals surface area contributed by atoms with E-state index in [1.165, 1.54) is 6.42 Å². The Labute approximate surface area is 136 Å². The first-order valence-electron chi connectivity index (χ1n) is 8.27. The normalized spacial score (nSPS) is 20.1. The van der Waals surface area contributed by atoms with E-state index in [2.05, 4.69) is 10.6 Å². The summed E-state index contributed by atoms with van der Waals surface area (Å²) in [6, 6.07) is -0.530. The zero-order valence-electron chi connectivity index (χ0n) is 14.2. The molecular weight excluding hydrogens is 309 g/mol. The summed E-state index contributed by atoms with van der Waals surface area (Å²) >= 11 is 0. The van der Waals surface area contributed by atoms with E-state index in [1.54, 1.807) is 0 Å². The quantitative estimate of drug-likeness (QED) is 0.685. The number of carboxylic acid groups (broad SMARTS) is 1. The highest BCUT2D eigenvalue weighted by molar-refractivity contribution is 5.65. The fourth-order valence-electron chi connectivity index (χ4n) is 3.93. The summed E-state index contributed by atoms with van der Waals surface area (Å²) in [5.41, 5.74) is -0.185. The summed E-state index contributed by atoms with van der Waals surface area (Å²) in [4.78, 5) is 11.1. The number of hydrogen-bond donors (Lipinski definition) is 3. The Hall–Kier alpha value is -0.980. The lowest BCUT2D eigenvalue weighted by molar-refractivity contribution is -0.125. The van der Waals surface area contributed by atoms with Crippen LogP contribution < -0.4 is 10.6 Å². The van der Waals surface area contributed by atoms with Crippen LogP contribution in [0.15, 0.2) is 0 Å². The molecule has 4 nitrogen and oxygen atoms in total. The Morgan fingerprint density at radius 2 is 1.74 bits per heavy atom. The molecular formula is C16H29F3N2O2. The van der Waals surface area contributed by atoms with Crippen molar-refractivity contribution in [3.8, 4) is 0 Å². The molecule has 1 fully saturated rings. The summed E-state index contributed by atoms with van der Waals surface area (Å²) in [7, 11) is 0. The molecule has 0 bridgehead atoms. The lowest BCUT2D eigenvalue weighted by Gasteiger charge is -2.44. The molecule has 1 unspecified atom stereocenters. The maximum absolute atomic E-state index is 12.4. The molecule has 1 rings (SSSR count). The number of carbonyl (C=O) groups is 1. The first kappa shape index (κ1) is 20.1. The van der Waals surface area contributed by atoms with Crippen molar-refractivity contribution in [1.29, 1.82) is 0 Å². The van der Waals surface area contributed by atoms with Crippen molar-refractivity contribution in [3.63, 3.8) is 0 Å². The van der Waals surface area contributed by atoms with E-state index in [4.69, 9.17) is 5.11 Å². The van der Waals surface area contributed by atoms with E-state index >= 15 is 0 Å². The molecule has 136 valence electrons. The molecule has 0 aliphatic heterocycles. The summed E-state index contributed by atoms with van der Waals surface area (Å²) in [6.45, 7) is 4.99. The Morgan fingerprint density at radius 1 is 1.17 bits per heavy atom. The average Bonchev–Trinajstić information content (AvgIpc) is 2.36. The first-order valence-corrected chi connectivity index (χ1v) is 8.27. The van der Waals surface area contributed by atoms with Gasteiger partial charge in [0.1, 0.15) is 0 Å². The predicted octanol–water partition coefficient (Wildman–Crippen LogP) is 4.02. The molecule has 23 heavy (non-hydrogen) atoms. The van der Waals surface area contributed by atoms with Crippen LogP contribution in [-0.2, 0) is 0 Å². The predicted molar refractivity (Wildman–Crippen MR) is 83.4 cm³/mol. The van der Waals surface area contributed by atoms with Gasteiger partial charge in [0.25, 0.3) is 0 Å². The Bertz CT molecular complexity index is 375. The standard InChI is InChI=1S/C16H29F3N2O2/c1-15(2,3)13(11-7-5-4-6-8-11)12(21-14(22)23)9-20-10-16(17,18)19/h11-13,20-21H,4-10H2,1-3H3,(H,22,23)/t12?,13-/m1/s1. The van der Waals surface area contributed by atoms with E-state index in [1.807, 2.05) is 20.8 Å². The lowest BCUT2D eigenvalue weighted by Crippen LogP contribution is -2.53. The number of hydrogen-bond acceptors (Lipinski definition) is 2. The molecule has 1 amide bonds. The van der Waals surface area contributed by atoms with Crippen molar-refractivity contribution < 1.29 is 23.1 Å². The molecule has 0 aromatic rings. The molecule has 1 aliphatic rings. The van der Waals surface area contributed by atoms with Gasteiger partial charge in [-0.3, -0.25) is 0 Å². The molecule has 0 aromatic heterocycles. The van der Waals surface area contributed by atoms with Crippen LogP contribution in [0.1, 0.15) is 52.9 Å². The summed E-state index contributed by atoms with van der Waals surface area (Å²) in [5.74, 6) is 0.341. The second kappa shape index (κ2) is 8.22. The number of alkyl halides is 3. The van der Waals surface area contributed by atoms with Gasteiger partial charge in [0, 0.05) is 12.6 Å². The van der Waals surface area contributed by atoms with Gasteiger partial charge in [0.15, 0.2) is 0 Å². The molecule has 1 aliphatic carbocycles. The minimum absolute atomic E-state index is 0.000339. The van der Waals surface area contributed by atoms with Crippen LogP contribution >= 0.6 is 0 Å². The molecule has 0 heterocycles. The van der Waals surface area contributed by atoms with Crippen LogP contribution in [0, 0.1) is 17.3 Å². The Morgan fingerprint density at radius 3 is 2.17 bits per heavy atom. The van der Waals surface area contributed by atoms with Crippen molar-refractivity contribution in [3.05, 3.63) is 0 Å². The maximum atomic E-state index is 12.4. The number of halogens is 3. The maximum Gasteiger partial charge on any atom is 0.404 e. The van der Waals surface area contributed by atoms with Crippen LogP contribution in [0.3, 0.4) is 0 Å². The second-order valence-electron chi connectivity index (χ2n) is 7.59. The van der Waals surface area contributed by atoms with Crippen molar-refractivity contribution in [1.82, 2.24) is 10.6 Å². The highest BCUT2D eigenvalue weighted by Gasteiger charge is 2.39. The van der Waals surface area contributed by atoms with Crippen LogP contribution in [0.25, 0.3) is 0 Å². The highest BCUT2D eigenvalue weighted by Crippen LogP contribution is 2.41. The lowest BCUT2D eigenvalue weighted by atomic mass is 9.65. The van der Waals surface area contributed by atoms with Crippen molar-refractivity contribution >= 4 is 6.09 Å². The number of rotatable bonds is 6. The van der Waals surface area contributed by atoms with Gasteiger partial charge in [-0.1, -0.05) is 52.9 Å². The second-order valence-corrected chi connectivity index (χ2v) is 7.59.